The van der Waals surface area contributed by atoms with Crippen molar-refractivity contribution in [3.05, 3.63) is 0 Å². The first-order valence-electron chi connectivity index (χ1n) is 0.812. The fraction of sp³-hybridized carbons (Fsp3) is 0. The molecule has 0 aromatic rings. The molecule has 0 saturated carbocycles. The second-order valence-corrected chi connectivity index (χ2v) is 3.51. The van der Waals surface area contributed by atoms with E-state index in [4.69, 9.17) is 9.13 Å². The van der Waals surface area contributed by atoms with Gasteiger partial charge in [-0.2, -0.15) is 0 Å². The van der Waals surface area contributed by atoms with Gasteiger partial charge in [0.15, 0.2) is 6.33 Å². The summed E-state index contributed by atoms with van der Waals surface area (Å²) in [6, 6.07) is 0. The predicted molar refractivity (Wildman–Crippen MR) is 16.8 cm³/mol. The molecule has 22 valence electrons. The highest BCUT2D eigenvalue weighted by Gasteiger charge is 1.59. The van der Waals surface area contributed by atoms with Gasteiger partial charge in [0.25, 0.3) is 0 Å². The third kappa shape index (κ3) is 26.7. The summed E-state index contributed by atoms with van der Waals surface area (Å²) in [4.78, 5) is 0. The maximum atomic E-state index is 9.10. The van der Waals surface area contributed by atoms with Crippen LogP contribution in [-0.4, -0.2) is 15.8 Å². The van der Waals surface area contributed by atoms with Crippen LogP contribution in [0.2, 0.25) is 0 Å². The zero-order chi connectivity index (χ0) is 3.58. The average molecular weight is 92.0 g/mol. The lowest BCUT2D eigenvalue weighted by Crippen LogP contribution is -1.22. The van der Waals surface area contributed by atoms with Gasteiger partial charge in [0.05, 0.1) is 0 Å². The quantitative estimate of drug-likeness (QED) is 0.304. The lowest BCUT2D eigenvalue weighted by Gasteiger charge is -1.32. The highest BCUT2D eigenvalue weighted by Crippen LogP contribution is 1.83. The Balaban J connectivity index is 3.51. The molecule has 4 heteroatoms. The Bertz CT molecular complexity index is 54.4. The smallest absolute Gasteiger partial charge is 0.264 e. The van der Waals surface area contributed by atoms with Crippen LogP contribution in [0.3, 0.4) is 0 Å². The van der Waals surface area contributed by atoms with Crippen LogP contribution in [0, 0.1) is 0 Å². The van der Waals surface area contributed by atoms with Gasteiger partial charge in [0.2, 0.25) is 0 Å². The molecule has 0 fully saturated rings. The fourth-order valence-corrected chi connectivity index (χ4v) is 0. The molecule has 0 unspecified atom stereocenters. The Labute approximate surface area is 32.0 Å². The molecule has 2 nitrogen and oxygen atoms in total. The van der Waals surface area contributed by atoms with Crippen molar-refractivity contribution in [2.24, 2.45) is 0 Å². The van der Waals surface area contributed by atoms with Crippen LogP contribution in [0.25, 0.3) is 0 Å². The Morgan fingerprint density at radius 2 is 1.50 bits per heavy atom. The molecular weight excluding hydrogens is 90.0 g/mol. The molecule has 0 aromatic heterocycles. The maximum Gasteiger partial charge on any atom is 0.421 e. The van der Waals surface area contributed by atoms with Gasteiger partial charge in [-0.25, -0.2) is 0 Å². The maximum absolute atomic E-state index is 9.10. The van der Waals surface area contributed by atoms with E-state index in [0.29, 0.717) is 15.8 Å². The van der Waals surface area contributed by atoms with Crippen LogP contribution in [0.4, 0.5) is 0 Å². The van der Waals surface area contributed by atoms with Gasteiger partial charge in [-0.05, 0) is 0 Å². The van der Waals surface area contributed by atoms with Crippen LogP contribution in [0.5, 0.6) is 0 Å². The van der Waals surface area contributed by atoms with E-state index in [0.717, 1.165) is 0 Å². The van der Waals surface area contributed by atoms with Crippen LogP contribution in [0.1, 0.15) is 0 Å². The highest BCUT2D eigenvalue weighted by atomic mass is 31.3. The van der Waals surface area contributed by atoms with Crippen molar-refractivity contribution < 1.29 is 9.13 Å². The van der Waals surface area contributed by atoms with Crippen LogP contribution in [-0.2, 0) is 9.13 Å². The topological polar surface area (TPSA) is 34.1 Å². The Morgan fingerprint density at radius 3 is 1.50 bits per heavy atom. The molecule has 0 aliphatic carbocycles. The summed E-state index contributed by atoms with van der Waals surface area (Å²) in [5.74, 6) is 0. The normalized spacial score (nSPS) is 6.00. The summed E-state index contributed by atoms with van der Waals surface area (Å²) in [7, 11) is 0. The number of rotatable bonds is 0. The molecule has 0 radical (unpaired) electrons. The van der Waals surface area contributed by atoms with Crippen molar-refractivity contribution in [3.8, 4) is 0 Å². The molecule has 0 aliphatic heterocycles. The Morgan fingerprint density at radius 1 is 1.50 bits per heavy atom. The summed E-state index contributed by atoms with van der Waals surface area (Å²) in [6.07, 6.45) is -1.98. The van der Waals surface area contributed by atoms with Crippen LogP contribution < -0.4 is 0 Å². The van der Waals surface area contributed by atoms with E-state index in [1.165, 1.54) is 0 Å². The molecule has 0 aromatic carbocycles. The second-order valence-electron chi connectivity index (χ2n) is 0.440. The SMILES string of the molecule is O=[P](=O)[AlH2]. The van der Waals surface area contributed by atoms with E-state index < -0.39 is 6.33 Å². The first-order chi connectivity index (χ1) is 1.73. The minimum absolute atomic E-state index is 0.302. The molecule has 0 spiro atoms. The first-order valence-corrected chi connectivity index (χ1v) is 5.12. The van der Waals surface area contributed by atoms with E-state index >= 15 is 0 Å². The van der Waals surface area contributed by atoms with Crippen molar-refractivity contribution in [2.45, 2.75) is 0 Å². The van der Waals surface area contributed by atoms with E-state index in [1.807, 2.05) is 0 Å². The number of hydrogen-bond donors (Lipinski definition) is 0. The fourth-order valence-electron chi connectivity index (χ4n) is 0. The van der Waals surface area contributed by atoms with E-state index in [1.54, 1.807) is 0 Å². The first kappa shape index (κ1) is 4.43. The van der Waals surface area contributed by atoms with E-state index in [-0.39, 0.29) is 0 Å². The van der Waals surface area contributed by atoms with Crippen molar-refractivity contribution in [2.75, 3.05) is 0 Å². The molecule has 0 saturated heterocycles. The van der Waals surface area contributed by atoms with Gasteiger partial charge in [0.1, 0.15) is 0 Å². The van der Waals surface area contributed by atoms with E-state index in [2.05, 4.69) is 0 Å². The van der Waals surface area contributed by atoms with Crippen LogP contribution >= 0.6 is 6.33 Å². The zero-order valence-electron chi connectivity index (χ0n) is 2.26. The third-order valence-electron chi connectivity index (χ3n) is 0. The summed E-state index contributed by atoms with van der Waals surface area (Å²) >= 11 is 0.302. The van der Waals surface area contributed by atoms with Crippen molar-refractivity contribution in [1.82, 2.24) is 0 Å². The van der Waals surface area contributed by atoms with Crippen molar-refractivity contribution in [1.29, 1.82) is 0 Å². The molecule has 0 heterocycles. The minimum Gasteiger partial charge on any atom is -0.264 e. The standard InChI is InChI=1S/Al.O2P.2H/c;1-3-2;;. The number of hydrogen-bond acceptors (Lipinski definition) is 2. The summed E-state index contributed by atoms with van der Waals surface area (Å²) in [6.45, 7) is 0. The lowest BCUT2D eigenvalue weighted by atomic mass is 15.9. The van der Waals surface area contributed by atoms with Gasteiger partial charge < -0.3 is 0 Å². The third-order valence-corrected chi connectivity index (χ3v) is 0. The lowest BCUT2D eigenvalue weighted by molar-refractivity contribution is 0.526. The van der Waals surface area contributed by atoms with Gasteiger partial charge in [-0.1, -0.05) is 0 Å². The Kier molecular flexibility index (Phi) is 1.91. The molecule has 0 N–H and O–H groups in total. The van der Waals surface area contributed by atoms with E-state index in [9.17, 15) is 0 Å². The molecule has 0 rings (SSSR count). The molecule has 0 amide bonds. The largest absolute Gasteiger partial charge is 0.421 e. The highest BCUT2D eigenvalue weighted by molar-refractivity contribution is 7.61. The summed E-state index contributed by atoms with van der Waals surface area (Å²) < 4.78 is 18.2. The van der Waals surface area contributed by atoms with Gasteiger partial charge >= 0.3 is 15.8 Å². The Hall–Kier alpha value is 0.432. The minimum atomic E-state index is -1.98. The van der Waals surface area contributed by atoms with Gasteiger partial charge in [0, 0.05) is 0 Å². The van der Waals surface area contributed by atoms with Crippen LogP contribution in [0.15, 0.2) is 0 Å². The molecule has 4 heavy (non-hydrogen) atoms. The monoisotopic (exact) mass is 92.0 g/mol. The summed E-state index contributed by atoms with van der Waals surface area (Å²) in [5, 5.41) is 0. The van der Waals surface area contributed by atoms with Gasteiger partial charge in [-0.15, -0.1) is 0 Å². The van der Waals surface area contributed by atoms with Gasteiger partial charge in [-0.3, -0.25) is 9.13 Å². The average Bonchev–Trinajstić information content (AvgIpc) is 0.811. The van der Waals surface area contributed by atoms with Crippen molar-refractivity contribution in [3.63, 3.8) is 0 Å². The molecule has 0 aliphatic rings. The zero-order valence-corrected chi connectivity index (χ0v) is 5.16. The molecule has 0 bridgehead atoms. The predicted octanol–water partition coefficient (Wildman–Crippen LogP) is -0.293. The second kappa shape index (κ2) is 1.72. The molecule has 0 atom stereocenters. The van der Waals surface area contributed by atoms with Crippen molar-refractivity contribution >= 4 is 22.2 Å². The summed E-state index contributed by atoms with van der Waals surface area (Å²) in [5.41, 5.74) is 0. The molecular formula is H2AlO2P.